The van der Waals surface area contributed by atoms with E-state index in [2.05, 4.69) is 71.1 Å². The Bertz CT molecular complexity index is 577. The van der Waals surface area contributed by atoms with Crippen LogP contribution in [0, 0.1) is 27.7 Å². The first-order valence-corrected chi connectivity index (χ1v) is 8.09. The zero-order valence-corrected chi connectivity index (χ0v) is 14.2. The molecule has 1 N–H and O–H groups in total. The smallest absolute Gasteiger partial charge is 0.0308 e. The van der Waals surface area contributed by atoms with Gasteiger partial charge >= 0.3 is 0 Å². The molecule has 0 saturated heterocycles. The molecule has 0 radical (unpaired) electrons. The molecule has 0 aliphatic carbocycles. The van der Waals surface area contributed by atoms with Gasteiger partial charge in [0.05, 0.1) is 0 Å². The van der Waals surface area contributed by atoms with Crippen LogP contribution in [-0.2, 0) is 0 Å². The lowest BCUT2D eigenvalue weighted by atomic mass is 10.0. The van der Waals surface area contributed by atoms with E-state index in [1.165, 1.54) is 32.0 Å². The largest absolute Gasteiger partial charge is 0.304 e. The summed E-state index contributed by atoms with van der Waals surface area (Å²) in [5, 5.41) is 3.73. The summed E-state index contributed by atoms with van der Waals surface area (Å²) in [5.74, 6) is 0. The van der Waals surface area contributed by atoms with Gasteiger partial charge in [-0.15, -0.1) is 11.3 Å². The van der Waals surface area contributed by atoms with Crippen LogP contribution >= 0.6 is 11.3 Å². The van der Waals surface area contributed by atoms with Crippen molar-refractivity contribution in [2.45, 2.75) is 53.6 Å². The van der Waals surface area contributed by atoms with Gasteiger partial charge in [0, 0.05) is 21.8 Å². The highest BCUT2D eigenvalue weighted by atomic mass is 32.1. The molecule has 1 heterocycles. The van der Waals surface area contributed by atoms with Crippen LogP contribution in [0.4, 0.5) is 0 Å². The molecule has 2 aromatic rings. The lowest BCUT2D eigenvalue weighted by molar-refractivity contribution is 0.494. The fourth-order valence-electron chi connectivity index (χ4n) is 2.90. The lowest BCUT2D eigenvalue weighted by Crippen LogP contribution is -2.22. The number of benzene rings is 1. The van der Waals surface area contributed by atoms with Crippen LogP contribution in [0.15, 0.2) is 24.3 Å². The zero-order valence-electron chi connectivity index (χ0n) is 13.4. The van der Waals surface area contributed by atoms with Gasteiger partial charge in [0.1, 0.15) is 0 Å². The molecule has 0 bridgehead atoms. The molecule has 0 saturated carbocycles. The minimum absolute atomic E-state index is 0.364. The molecule has 20 heavy (non-hydrogen) atoms. The van der Waals surface area contributed by atoms with Crippen molar-refractivity contribution in [2.24, 2.45) is 0 Å². The van der Waals surface area contributed by atoms with Crippen molar-refractivity contribution in [3.63, 3.8) is 0 Å². The van der Waals surface area contributed by atoms with Crippen molar-refractivity contribution in [2.75, 3.05) is 0 Å². The molecule has 1 aromatic carbocycles. The fraction of sp³-hybridized carbons (Fsp3) is 0.444. The second-order valence-corrected chi connectivity index (χ2v) is 7.36. The number of nitrogens with one attached hydrogen (secondary N) is 1. The maximum atomic E-state index is 3.73. The summed E-state index contributed by atoms with van der Waals surface area (Å²) < 4.78 is 0. The van der Waals surface area contributed by atoms with E-state index in [1.807, 2.05) is 11.3 Å². The second-order valence-electron chi connectivity index (χ2n) is 5.90. The van der Waals surface area contributed by atoms with Gasteiger partial charge in [-0.25, -0.2) is 0 Å². The maximum absolute atomic E-state index is 3.73. The highest BCUT2D eigenvalue weighted by Gasteiger charge is 2.15. The van der Waals surface area contributed by atoms with Crippen LogP contribution in [0.3, 0.4) is 0 Å². The Morgan fingerprint density at radius 1 is 0.850 bits per heavy atom. The molecule has 2 rings (SSSR count). The van der Waals surface area contributed by atoms with Crippen molar-refractivity contribution in [1.29, 1.82) is 0 Å². The van der Waals surface area contributed by atoms with Crippen molar-refractivity contribution in [3.05, 3.63) is 56.3 Å². The predicted molar refractivity (Wildman–Crippen MR) is 89.7 cm³/mol. The number of hydrogen-bond donors (Lipinski definition) is 1. The van der Waals surface area contributed by atoms with Crippen LogP contribution in [-0.4, -0.2) is 0 Å². The first-order valence-electron chi connectivity index (χ1n) is 7.28. The molecule has 0 aliphatic heterocycles. The Labute approximate surface area is 127 Å². The molecule has 1 aromatic heterocycles. The average molecular weight is 287 g/mol. The Morgan fingerprint density at radius 2 is 1.45 bits per heavy atom. The summed E-state index contributed by atoms with van der Waals surface area (Å²) in [6.07, 6.45) is 0. The summed E-state index contributed by atoms with van der Waals surface area (Å²) in [5.41, 5.74) is 5.48. The van der Waals surface area contributed by atoms with Gasteiger partial charge in [0.25, 0.3) is 0 Å². The summed E-state index contributed by atoms with van der Waals surface area (Å²) in [4.78, 5) is 2.82. The molecule has 108 valence electrons. The van der Waals surface area contributed by atoms with Crippen molar-refractivity contribution >= 4 is 11.3 Å². The molecule has 0 amide bonds. The molecular weight excluding hydrogens is 262 g/mol. The summed E-state index contributed by atoms with van der Waals surface area (Å²) in [6, 6.07) is 9.85. The van der Waals surface area contributed by atoms with Gasteiger partial charge in [0.15, 0.2) is 0 Å². The molecule has 2 unspecified atom stereocenters. The maximum Gasteiger partial charge on any atom is 0.0308 e. The molecule has 2 heteroatoms. The third kappa shape index (κ3) is 3.50. The van der Waals surface area contributed by atoms with Crippen LogP contribution in [0.2, 0.25) is 0 Å². The lowest BCUT2D eigenvalue weighted by Gasteiger charge is -2.21. The summed E-state index contributed by atoms with van der Waals surface area (Å²) in [6.45, 7) is 13.2. The van der Waals surface area contributed by atoms with Crippen molar-refractivity contribution in [1.82, 2.24) is 5.32 Å². The third-order valence-electron chi connectivity index (χ3n) is 3.79. The van der Waals surface area contributed by atoms with E-state index in [4.69, 9.17) is 0 Å². The van der Waals surface area contributed by atoms with E-state index < -0.39 is 0 Å². The molecule has 0 fully saturated rings. The highest BCUT2D eigenvalue weighted by molar-refractivity contribution is 7.12. The van der Waals surface area contributed by atoms with Gasteiger partial charge in [-0.3, -0.25) is 0 Å². The first-order chi connectivity index (χ1) is 9.36. The minimum atomic E-state index is 0.364. The van der Waals surface area contributed by atoms with Gasteiger partial charge in [-0.2, -0.15) is 0 Å². The monoisotopic (exact) mass is 287 g/mol. The van der Waals surface area contributed by atoms with Gasteiger partial charge < -0.3 is 5.32 Å². The van der Waals surface area contributed by atoms with Crippen molar-refractivity contribution < 1.29 is 0 Å². The number of thiophene rings is 1. The normalized spacial score (nSPS) is 14.3. The highest BCUT2D eigenvalue weighted by Crippen LogP contribution is 2.28. The van der Waals surface area contributed by atoms with Gasteiger partial charge in [-0.1, -0.05) is 29.3 Å². The number of aryl methyl sites for hydroxylation is 4. The fourth-order valence-corrected chi connectivity index (χ4v) is 3.92. The van der Waals surface area contributed by atoms with E-state index in [1.54, 1.807) is 0 Å². The molecule has 0 spiro atoms. The molecule has 0 aliphatic rings. The average Bonchev–Trinajstić information content (AvgIpc) is 2.67. The number of hydrogen-bond acceptors (Lipinski definition) is 2. The minimum Gasteiger partial charge on any atom is -0.304 e. The zero-order chi connectivity index (χ0) is 14.9. The van der Waals surface area contributed by atoms with Crippen LogP contribution in [0.5, 0.6) is 0 Å². The Kier molecular flexibility index (Phi) is 4.66. The Morgan fingerprint density at radius 3 is 1.95 bits per heavy atom. The third-order valence-corrected chi connectivity index (χ3v) is 4.77. The Balaban J connectivity index is 2.14. The molecule has 2 atom stereocenters. The first kappa shape index (κ1) is 15.3. The Hall–Kier alpha value is -1.12. The van der Waals surface area contributed by atoms with E-state index >= 15 is 0 Å². The standard InChI is InChI=1S/C18H25NS/c1-11-7-12(2)9-17(8-11)14(4)19-15(5)18-10-13(3)20-16(18)6/h7-10,14-15,19H,1-6H3. The number of rotatable bonds is 4. The topological polar surface area (TPSA) is 12.0 Å². The van der Waals surface area contributed by atoms with E-state index in [-0.39, 0.29) is 0 Å². The summed E-state index contributed by atoms with van der Waals surface area (Å²) >= 11 is 1.89. The van der Waals surface area contributed by atoms with Crippen molar-refractivity contribution in [3.8, 4) is 0 Å². The van der Waals surface area contributed by atoms with Gasteiger partial charge in [0.2, 0.25) is 0 Å². The second kappa shape index (κ2) is 6.11. The van der Waals surface area contributed by atoms with Crippen LogP contribution in [0.1, 0.15) is 57.9 Å². The summed E-state index contributed by atoms with van der Waals surface area (Å²) in [7, 11) is 0. The quantitative estimate of drug-likeness (QED) is 0.794. The van der Waals surface area contributed by atoms with E-state index in [0.717, 1.165) is 0 Å². The molecular formula is C18H25NS. The van der Waals surface area contributed by atoms with E-state index in [0.29, 0.717) is 12.1 Å². The van der Waals surface area contributed by atoms with Crippen LogP contribution in [0.25, 0.3) is 0 Å². The SMILES string of the molecule is Cc1cc(C)cc(C(C)NC(C)c2cc(C)sc2C)c1. The predicted octanol–water partition coefficient (Wildman–Crippen LogP) is 5.39. The van der Waals surface area contributed by atoms with Crippen LogP contribution < -0.4 is 5.32 Å². The molecule has 1 nitrogen and oxygen atoms in total. The van der Waals surface area contributed by atoms with Gasteiger partial charge in [-0.05, 0) is 58.7 Å². The van der Waals surface area contributed by atoms with E-state index in [9.17, 15) is 0 Å².